The fraction of sp³-hybridized carbons (Fsp3) is 0.375. The lowest BCUT2D eigenvalue weighted by Crippen LogP contribution is -2.38. The second kappa shape index (κ2) is 8.21. The number of hydrogen-bond acceptors (Lipinski definition) is 3. The molecule has 0 fully saturated rings. The predicted molar refractivity (Wildman–Crippen MR) is 82.5 cm³/mol. The zero-order chi connectivity index (χ0) is 15.8. The van der Waals surface area contributed by atoms with E-state index >= 15 is 0 Å². The largest absolute Gasteiger partial charge is 0.396 e. The minimum Gasteiger partial charge on any atom is -0.396 e. The molecule has 1 unspecified atom stereocenters. The van der Waals surface area contributed by atoms with Gasteiger partial charge in [-0.15, -0.1) is 0 Å². The monoisotopic (exact) mass is 290 g/mol. The number of amides is 2. The molecule has 5 nitrogen and oxygen atoms in total. The molecular formula is C16H22N2O3. The summed E-state index contributed by atoms with van der Waals surface area (Å²) in [6.45, 7) is 4.03. The maximum Gasteiger partial charge on any atom is 0.248 e. The molecule has 0 aromatic heterocycles. The van der Waals surface area contributed by atoms with Gasteiger partial charge in [-0.05, 0) is 36.1 Å². The van der Waals surface area contributed by atoms with Crippen LogP contribution in [-0.2, 0) is 4.79 Å². The number of aliphatic hydroxyl groups excluding tert-OH is 1. The quantitative estimate of drug-likeness (QED) is 0.661. The molecule has 0 aliphatic carbocycles. The molecule has 0 bridgehead atoms. The highest BCUT2D eigenvalue weighted by Crippen LogP contribution is 2.07. The van der Waals surface area contributed by atoms with Crippen LogP contribution in [0.3, 0.4) is 0 Å². The number of aliphatic hydroxyl groups is 1. The van der Waals surface area contributed by atoms with Crippen molar-refractivity contribution in [2.45, 2.75) is 26.3 Å². The third kappa shape index (κ3) is 5.79. The molecule has 0 saturated carbocycles. The van der Waals surface area contributed by atoms with Crippen LogP contribution in [0.2, 0.25) is 0 Å². The van der Waals surface area contributed by atoms with Gasteiger partial charge in [-0.1, -0.05) is 26.0 Å². The van der Waals surface area contributed by atoms with Crippen molar-refractivity contribution in [3.05, 3.63) is 41.5 Å². The van der Waals surface area contributed by atoms with Gasteiger partial charge in [-0.2, -0.15) is 0 Å². The van der Waals surface area contributed by atoms with Crippen molar-refractivity contribution in [2.75, 3.05) is 6.61 Å². The molecular weight excluding hydrogens is 268 g/mol. The van der Waals surface area contributed by atoms with Crippen molar-refractivity contribution >= 4 is 17.9 Å². The first kappa shape index (κ1) is 16.9. The molecule has 0 aliphatic rings. The van der Waals surface area contributed by atoms with Crippen molar-refractivity contribution in [3.8, 4) is 0 Å². The Morgan fingerprint density at radius 3 is 2.38 bits per heavy atom. The van der Waals surface area contributed by atoms with Crippen LogP contribution in [0.4, 0.5) is 0 Å². The van der Waals surface area contributed by atoms with Crippen molar-refractivity contribution in [2.24, 2.45) is 11.7 Å². The van der Waals surface area contributed by atoms with Gasteiger partial charge in [0.2, 0.25) is 11.8 Å². The molecule has 2 amide bonds. The number of nitrogens with two attached hydrogens (primary N) is 1. The molecule has 114 valence electrons. The van der Waals surface area contributed by atoms with E-state index < -0.39 is 5.91 Å². The summed E-state index contributed by atoms with van der Waals surface area (Å²) in [4.78, 5) is 22.8. The molecule has 21 heavy (non-hydrogen) atoms. The maximum atomic E-state index is 11.8. The van der Waals surface area contributed by atoms with Gasteiger partial charge in [-0.25, -0.2) is 0 Å². The summed E-state index contributed by atoms with van der Waals surface area (Å²) < 4.78 is 0. The molecule has 5 heteroatoms. The van der Waals surface area contributed by atoms with Gasteiger partial charge < -0.3 is 16.2 Å². The van der Waals surface area contributed by atoms with Crippen LogP contribution in [0.15, 0.2) is 30.3 Å². The van der Waals surface area contributed by atoms with E-state index in [1.807, 2.05) is 13.8 Å². The minimum atomic E-state index is -0.480. The van der Waals surface area contributed by atoms with E-state index in [0.717, 1.165) is 5.56 Å². The summed E-state index contributed by atoms with van der Waals surface area (Å²) in [5.41, 5.74) is 6.39. The highest BCUT2D eigenvalue weighted by Gasteiger charge is 2.13. The van der Waals surface area contributed by atoms with Gasteiger partial charge in [0.05, 0.1) is 0 Å². The predicted octanol–water partition coefficient (Wildman–Crippen LogP) is 1.32. The van der Waals surface area contributed by atoms with E-state index in [9.17, 15) is 9.59 Å². The molecule has 1 atom stereocenters. The number of rotatable bonds is 7. The Bertz CT molecular complexity index is 507. The fourth-order valence-corrected chi connectivity index (χ4v) is 1.87. The average molecular weight is 290 g/mol. The number of carbonyl (C=O) groups is 2. The number of nitrogens with one attached hydrogen (secondary N) is 1. The van der Waals surface area contributed by atoms with E-state index in [1.54, 1.807) is 30.3 Å². The lowest BCUT2D eigenvalue weighted by molar-refractivity contribution is -0.117. The molecule has 0 radical (unpaired) electrons. The second-order valence-electron chi connectivity index (χ2n) is 5.19. The van der Waals surface area contributed by atoms with Crippen molar-refractivity contribution in [1.82, 2.24) is 5.32 Å². The number of hydrogen-bond donors (Lipinski definition) is 3. The first-order valence-electron chi connectivity index (χ1n) is 6.93. The van der Waals surface area contributed by atoms with Gasteiger partial charge in [0.1, 0.15) is 0 Å². The van der Waals surface area contributed by atoms with Gasteiger partial charge in [-0.3, -0.25) is 9.59 Å². The van der Waals surface area contributed by atoms with Gasteiger partial charge >= 0.3 is 0 Å². The normalized spacial score (nSPS) is 12.6. The first-order chi connectivity index (χ1) is 9.93. The molecule has 0 heterocycles. The highest BCUT2D eigenvalue weighted by atomic mass is 16.3. The fourth-order valence-electron chi connectivity index (χ4n) is 1.87. The van der Waals surface area contributed by atoms with E-state index in [0.29, 0.717) is 12.0 Å². The zero-order valence-corrected chi connectivity index (χ0v) is 12.4. The Hall–Kier alpha value is -2.14. The zero-order valence-electron chi connectivity index (χ0n) is 12.4. The van der Waals surface area contributed by atoms with Crippen LogP contribution in [0.5, 0.6) is 0 Å². The Morgan fingerprint density at radius 2 is 1.90 bits per heavy atom. The minimum absolute atomic E-state index is 0.0431. The van der Waals surface area contributed by atoms with E-state index in [4.69, 9.17) is 10.8 Å². The van der Waals surface area contributed by atoms with Crippen molar-refractivity contribution < 1.29 is 14.7 Å². The molecule has 0 saturated heterocycles. The lowest BCUT2D eigenvalue weighted by atomic mass is 10.0. The molecule has 1 aromatic carbocycles. The van der Waals surface area contributed by atoms with Crippen molar-refractivity contribution in [1.29, 1.82) is 0 Å². The maximum absolute atomic E-state index is 11.8. The van der Waals surface area contributed by atoms with E-state index in [-0.39, 0.29) is 24.5 Å². The van der Waals surface area contributed by atoms with E-state index in [2.05, 4.69) is 5.32 Å². The highest BCUT2D eigenvalue weighted by molar-refractivity contribution is 5.94. The molecule has 1 rings (SSSR count). The molecule has 0 spiro atoms. The summed E-state index contributed by atoms with van der Waals surface area (Å²) >= 11 is 0. The first-order valence-corrected chi connectivity index (χ1v) is 6.93. The van der Waals surface area contributed by atoms with Crippen LogP contribution >= 0.6 is 0 Å². The number of primary amides is 1. The SMILES string of the molecule is CC(C)C(CCO)NC(=O)/C=C/c1ccc(C(N)=O)cc1. The standard InChI is InChI=1S/C16H22N2O3/c1-11(2)14(9-10-19)18-15(20)8-5-12-3-6-13(7-4-12)16(17)21/h3-8,11,14,19H,9-10H2,1-2H3,(H2,17,21)(H,18,20)/b8-5+. The van der Waals surface area contributed by atoms with Crippen LogP contribution in [0.25, 0.3) is 6.08 Å². The topological polar surface area (TPSA) is 92.4 Å². The van der Waals surface area contributed by atoms with Crippen LogP contribution < -0.4 is 11.1 Å². The summed E-state index contributed by atoms with van der Waals surface area (Å²) in [5, 5.41) is 11.8. The molecule has 1 aromatic rings. The summed E-state index contributed by atoms with van der Waals surface area (Å²) in [7, 11) is 0. The third-order valence-corrected chi connectivity index (χ3v) is 3.19. The van der Waals surface area contributed by atoms with E-state index in [1.165, 1.54) is 6.08 Å². The number of carbonyl (C=O) groups excluding carboxylic acids is 2. The Balaban J connectivity index is 2.62. The van der Waals surface area contributed by atoms with Crippen LogP contribution in [0, 0.1) is 5.92 Å². The van der Waals surface area contributed by atoms with Crippen LogP contribution in [0.1, 0.15) is 36.2 Å². The van der Waals surface area contributed by atoms with Gasteiger partial charge in [0, 0.05) is 24.3 Å². The smallest absolute Gasteiger partial charge is 0.248 e. The Kier molecular flexibility index (Phi) is 6.62. The third-order valence-electron chi connectivity index (χ3n) is 3.19. The average Bonchev–Trinajstić information content (AvgIpc) is 2.45. The molecule has 0 aliphatic heterocycles. The summed E-state index contributed by atoms with van der Waals surface area (Å²) in [5.74, 6) is -0.433. The number of benzene rings is 1. The molecule has 4 N–H and O–H groups in total. The Morgan fingerprint density at radius 1 is 1.29 bits per heavy atom. The second-order valence-corrected chi connectivity index (χ2v) is 5.19. The summed E-state index contributed by atoms with van der Waals surface area (Å²) in [6, 6.07) is 6.62. The van der Waals surface area contributed by atoms with Gasteiger partial charge in [0.15, 0.2) is 0 Å². The summed E-state index contributed by atoms with van der Waals surface area (Å²) in [6.07, 6.45) is 3.63. The van der Waals surface area contributed by atoms with Gasteiger partial charge in [0.25, 0.3) is 0 Å². The Labute approximate surface area is 124 Å². The van der Waals surface area contributed by atoms with Crippen LogP contribution in [-0.4, -0.2) is 29.6 Å². The lowest BCUT2D eigenvalue weighted by Gasteiger charge is -2.20. The van der Waals surface area contributed by atoms with Crippen molar-refractivity contribution in [3.63, 3.8) is 0 Å².